The molecule has 0 bridgehead atoms. The summed E-state index contributed by atoms with van der Waals surface area (Å²) in [5, 5.41) is 10.5. The molecule has 2 aromatic rings. The third-order valence-electron chi connectivity index (χ3n) is 3.18. The molecule has 1 N–H and O–H groups in total. The Kier molecular flexibility index (Phi) is 5.45. The fraction of sp³-hybridized carbons (Fsp3) is 0.400. The van der Waals surface area contributed by atoms with Crippen LogP contribution in [0.2, 0.25) is 0 Å². The molecule has 1 atom stereocenters. The number of carboxylic acid groups (broad SMARTS) is 1. The molecule has 0 unspecified atom stereocenters. The lowest BCUT2D eigenvalue weighted by molar-refractivity contribution is -0.137. The highest BCUT2D eigenvalue weighted by Crippen LogP contribution is 2.31. The summed E-state index contributed by atoms with van der Waals surface area (Å²) in [6, 6.07) is 5.19. The Morgan fingerprint density at radius 3 is 3.13 bits per heavy atom. The van der Waals surface area contributed by atoms with Gasteiger partial charge in [0.15, 0.2) is 6.04 Å². The highest BCUT2D eigenvalue weighted by atomic mass is 32.2. The molecule has 5 nitrogen and oxygen atoms in total. The second kappa shape index (κ2) is 7.55. The number of thiazole rings is 1. The van der Waals surface area contributed by atoms with Gasteiger partial charge in [-0.15, -0.1) is 23.1 Å². The number of hydrogen-bond acceptors (Lipinski definition) is 7. The minimum absolute atomic E-state index is 0.476. The number of thioether (sulfide) groups is 2. The third-order valence-corrected chi connectivity index (χ3v) is 6.25. The van der Waals surface area contributed by atoms with Crippen molar-refractivity contribution in [1.82, 2.24) is 4.98 Å². The molecule has 1 aromatic carbocycles. The van der Waals surface area contributed by atoms with Gasteiger partial charge >= 0.3 is 5.97 Å². The van der Waals surface area contributed by atoms with Crippen molar-refractivity contribution < 1.29 is 14.6 Å². The fourth-order valence-corrected chi connectivity index (χ4v) is 4.65. The highest BCUT2D eigenvalue weighted by Gasteiger charge is 2.26. The van der Waals surface area contributed by atoms with Crippen LogP contribution in [0.5, 0.6) is 5.75 Å². The number of ether oxygens (including phenoxy) is 1. The van der Waals surface area contributed by atoms with Crippen molar-refractivity contribution in [1.29, 1.82) is 0 Å². The van der Waals surface area contributed by atoms with E-state index >= 15 is 0 Å². The molecule has 0 radical (unpaired) electrons. The minimum atomic E-state index is -0.880. The van der Waals surface area contributed by atoms with Gasteiger partial charge in [0.25, 0.3) is 0 Å². The molecule has 2 heterocycles. The van der Waals surface area contributed by atoms with Crippen LogP contribution in [0.3, 0.4) is 0 Å². The summed E-state index contributed by atoms with van der Waals surface area (Å²) in [7, 11) is 0. The van der Waals surface area contributed by atoms with Gasteiger partial charge in [0.2, 0.25) is 0 Å². The second-order valence-electron chi connectivity index (χ2n) is 4.79. The van der Waals surface area contributed by atoms with Gasteiger partial charge in [-0.1, -0.05) is 6.92 Å². The molecular weight excluding hydrogens is 352 g/mol. The zero-order valence-corrected chi connectivity index (χ0v) is 15.0. The van der Waals surface area contributed by atoms with Crippen molar-refractivity contribution in [2.45, 2.75) is 13.0 Å². The summed E-state index contributed by atoms with van der Waals surface area (Å²) in [6.45, 7) is 2.83. The predicted octanol–water partition coefficient (Wildman–Crippen LogP) is 3.37. The van der Waals surface area contributed by atoms with Crippen LogP contribution in [-0.2, 0) is 4.79 Å². The van der Waals surface area contributed by atoms with Crippen LogP contribution in [0.4, 0.5) is 0 Å². The Labute approximate surface area is 146 Å². The number of nitrogens with zero attached hydrogens (tertiary/aromatic N) is 2. The van der Waals surface area contributed by atoms with E-state index in [-0.39, 0.29) is 0 Å². The number of rotatable bonds is 7. The van der Waals surface area contributed by atoms with Crippen LogP contribution >= 0.6 is 34.9 Å². The fourth-order valence-electron chi connectivity index (χ4n) is 2.07. The summed E-state index contributed by atoms with van der Waals surface area (Å²) in [4.78, 5) is 19.8. The largest absolute Gasteiger partial charge is 0.493 e. The Morgan fingerprint density at radius 1 is 1.52 bits per heavy atom. The number of benzene rings is 1. The van der Waals surface area contributed by atoms with Crippen LogP contribution in [0.1, 0.15) is 11.9 Å². The summed E-state index contributed by atoms with van der Waals surface area (Å²) in [5.41, 5.74) is 0.891. The van der Waals surface area contributed by atoms with Gasteiger partial charge in [0.05, 0.1) is 16.8 Å². The van der Waals surface area contributed by atoms with E-state index in [0.29, 0.717) is 12.4 Å². The van der Waals surface area contributed by atoms with E-state index in [1.54, 1.807) is 0 Å². The average Bonchev–Trinajstić information content (AvgIpc) is 3.17. The van der Waals surface area contributed by atoms with E-state index in [9.17, 15) is 4.79 Å². The van der Waals surface area contributed by atoms with Crippen molar-refractivity contribution in [2.75, 3.05) is 23.9 Å². The number of aliphatic carboxylic acids is 1. The number of hydrogen-bond donors (Lipinski definition) is 1. The van der Waals surface area contributed by atoms with Crippen LogP contribution in [-0.4, -0.2) is 51.0 Å². The first kappa shape index (κ1) is 16.6. The van der Waals surface area contributed by atoms with E-state index in [0.717, 1.165) is 37.5 Å². The van der Waals surface area contributed by atoms with Crippen molar-refractivity contribution in [3.05, 3.63) is 23.2 Å². The van der Waals surface area contributed by atoms with Crippen molar-refractivity contribution >= 4 is 56.1 Å². The van der Waals surface area contributed by atoms with E-state index in [1.807, 2.05) is 30.0 Å². The molecule has 0 fully saturated rings. The van der Waals surface area contributed by atoms with Gasteiger partial charge < -0.3 is 9.84 Å². The zero-order valence-electron chi connectivity index (χ0n) is 12.5. The lowest BCUT2D eigenvalue weighted by Crippen LogP contribution is -2.17. The Bertz CT molecular complexity index is 745. The van der Waals surface area contributed by atoms with E-state index in [2.05, 4.69) is 16.9 Å². The molecule has 0 amide bonds. The van der Waals surface area contributed by atoms with E-state index < -0.39 is 12.0 Å². The quantitative estimate of drug-likeness (QED) is 0.756. The number of fused-ring (bicyclic) bond motifs is 1. The van der Waals surface area contributed by atoms with Crippen molar-refractivity contribution in [3.63, 3.8) is 0 Å². The molecule has 23 heavy (non-hydrogen) atoms. The molecular formula is C15H16N2O3S3. The van der Waals surface area contributed by atoms with Crippen LogP contribution in [0, 0.1) is 0 Å². The molecule has 0 saturated carbocycles. The summed E-state index contributed by atoms with van der Waals surface area (Å²) >= 11 is 4.83. The van der Waals surface area contributed by atoms with E-state index in [4.69, 9.17) is 9.84 Å². The Balaban J connectivity index is 1.74. The number of carbonyl (C=O) groups is 1. The van der Waals surface area contributed by atoms with Crippen LogP contribution in [0.25, 0.3) is 10.2 Å². The second-order valence-corrected chi connectivity index (χ2v) is 8.23. The van der Waals surface area contributed by atoms with Gasteiger partial charge in [-0.2, -0.15) is 11.8 Å². The van der Waals surface area contributed by atoms with Crippen molar-refractivity contribution in [3.8, 4) is 5.75 Å². The average molecular weight is 369 g/mol. The monoisotopic (exact) mass is 368 g/mol. The molecule has 1 aliphatic rings. The predicted molar refractivity (Wildman–Crippen MR) is 98.5 cm³/mol. The molecule has 0 saturated heterocycles. The SMILES string of the molecule is CCSCCOc1ccc2nc(C3=N[C@@H](C(=O)O)CS3)sc2c1. The number of aliphatic imine (C=N–C) groups is 1. The smallest absolute Gasteiger partial charge is 0.329 e. The summed E-state index contributed by atoms with van der Waals surface area (Å²) in [5.74, 6) is 2.51. The molecule has 3 rings (SSSR count). The molecule has 0 spiro atoms. The maximum atomic E-state index is 11.0. The van der Waals surface area contributed by atoms with Crippen molar-refractivity contribution in [2.24, 2.45) is 4.99 Å². The highest BCUT2D eigenvalue weighted by molar-refractivity contribution is 8.15. The van der Waals surface area contributed by atoms with Gasteiger partial charge in [-0.25, -0.2) is 9.78 Å². The standard InChI is InChI=1S/C15H16N2O3S3/c1-2-21-6-5-20-9-3-4-10-12(7-9)23-14(16-10)13-17-11(8-22-13)15(18)19/h3-4,7,11H,2,5-6,8H2,1H3,(H,18,19)/t11-/m1/s1. The maximum absolute atomic E-state index is 11.0. The Hall–Kier alpha value is -1.25. The first-order valence-electron chi connectivity index (χ1n) is 7.22. The Morgan fingerprint density at radius 2 is 2.39 bits per heavy atom. The van der Waals surface area contributed by atoms with Gasteiger partial charge in [0, 0.05) is 11.5 Å². The summed E-state index contributed by atoms with van der Waals surface area (Å²) < 4.78 is 6.77. The third kappa shape index (κ3) is 3.99. The van der Waals surface area contributed by atoms with Gasteiger partial charge in [0.1, 0.15) is 15.8 Å². The first-order valence-corrected chi connectivity index (χ1v) is 10.2. The van der Waals surface area contributed by atoms with E-state index in [1.165, 1.54) is 23.1 Å². The minimum Gasteiger partial charge on any atom is -0.493 e. The summed E-state index contributed by atoms with van der Waals surface area (Å²) in [6.07, 6.45) is 0. The van der Waals surface area contributed by atoms with Crippen LogP contribution in [0.15, 0.2) is 23.2 Å². The molecule has 1 aromatic heterocycles. The normalized spacial score (nSPS) is 17.4. The molecule has 1 aliphatic heterocycles. The lowest BCUT2D eigenvalue weighted by Gasteiger charge is -2.04. The van der Waals surface area contributed by atoms with Crippen LogP contribution < -0.4 is 4.74 Å². The topological polar surface area (TPSA) is 71.8 Å². The lowest BCUT2D eigenvalue weighted by atomic mass is 10.3. The first-order chi connectivity index (χ1) is 11.2. The molecule has 0 aliphatic carbocycles. The maximum Gasteiger partial charge on any atom is 0.329 e. The van der Waals surface area contributed by atoms with Gasteiger partial charge in [-0.05, 0) is 24.0 Å². The molecule has 122 valence electrons. The van der Waals surface area contributed by atoms with Gasteiger partial charge in [-0.3, -0.25) is 4.99 Å². The molecule has 8 heteroatoms. The number of aromatic nitrogens is 1. The number of carboxylic acids is 1. The zero-order chi connectivity index (χ0) is 16.2.